The van der Waals surface area contributed by atoms with Crippen LogP contribution >= 0.6 is 11.3 Å². The molecule has 1 fully saturated rings. The summed E-state index contributed by atoms with van der Waals surface area (Å²) in [5, 5.41) is 1.61. The molecule has 0 aliphatic carbocycles. The van der Waals surface area contributed by atoms with Crippen molar-refractivity contribution in [2.75, 3.05) is 27.2 Å². The Morgan fingerprint density at radius 1 is 1.27 bits per heavy atom. The van der Waals surface area contributed by atoms with Crippen molar-refractivity contribution in [1.82, 2.24) is 19.8 Å². The van der Waals surface area contributed by atoms with Crippen molar-refractivity contribution < 1.29 is 32.2 Å². The van der Waals surface area contributed by atoms with Gasteiger partial charge >= 0.3 is 12.2 Å². The number of hydrogen-bond acceptors (Lipinski definition) is 7. The summed E-state index contributed by atoms with van der Waals surface area (Å²) in [5.74, 6) is 0.641. The standard InChI is InChI=1S/C28H32F3N5O4S/c1-5-6-7-8-11-35(3)26(37)20-12-17(14-36(20)27(32)38)40-22-13-19(25-34-23(15-41-25)28(29,30)31)33-24-16(2)21(39-4)10-9-18(22)24/h5,9-10,13,15,17,20H,1,6-8,11-12,14H2,2-4H3,(H2,32,38)/t17-,20-/m0/s1. The molecule has 3 heterocycles. The Kier molecular flexibility index (Phi) is 9.05. The maximum absolute atomic E-state index is 13.3. The van der Waals surface area contributed by atoms with Gasteiger partial charge in [0, 0.05) is 42.4 Å². The number of carbonyl (C=O) groups is 2. The van der Waals surface area contributed by atoms with E-state index < -0.39 is 30.0 Å². The highest BCUT2D eigenvalue weighted by Crippen LogP contribution is 2.39. The average molecular weight is 592 g/mol. The van der Waals surface area contributed by atoms with Gasteiger partial charge in [0.1, 0.15) is 34.3 Å². The molecule has 41 heavy (non-hydrogen) atoms. The number of amides is 3. The minimum absolute atomic E-state index is 0.0693. The van der Waals surface area contributed by atoms with Crippen molar-refractivity contribution in [2.45, 2.75) is 50.9 Å². The smallest absolute Gasteiger partial charge is 0.434 e. The monoisotopic (exact) mass is 591 g/mol. The first kappa shape index (κ1) is 30.1. The number of carbonyl (C=O) groups excluding carboxylic acids is 2. The van der Waals surface area contributed by atoms with Gasteiger partial charge < -0.3 is 25.0 Å². The molecule has 0 spiro atoms. The largest absolute Gasteiger partial charge is 0.496 e. The Hall–Kier alpha value is -3.87. The molecule has 1 saturated heterocycles. The lowest BCUT2D eigenvalue weighted by Crippen LogP contribution is -2.48. The number of thiazole rings is 1. The van der Waals surface area contributed by atoms with E-state index in [2.05, 4.69) is 16.5 Å². The molecule has 3 aromatic rings. The zero-order valence-corrected chi connectivity index (χ0v) is 23.8. The number of likely N-dealkylation sites (N-methyl/N-ethyl adjacent to an activating group) is 1. The molecule has 1 aromatic carbocycles. The number of primary amides is 1. The summed E-state index contributed by atoms with van der Waals surface area (Å²) in [6.45, 7) is 6.08. The van der Waals surface area contributed by atoms with Crippen LogP contribution < -0.4 is 15.2 Å². The number of ether oxygens (including phenoxy) is 2. The van der Waals surface area contributed by atoms with Crippen LogP contribution in [0.5, 0.6) is 11.5 Å². The lowest BCUT2D eigenvalue weighted by Gasteiger charge is -2.26. The maximum Gasteiger partial charge on any atom is 0.434 e. The summed E-state index contributed by atoms with van der Waals surface area (Å²) in [6, 6.07) is 3.48. The number of alkyl halides is 3. The van der Waals surface area contributed by atoms with Crippen LogP contribution in [0.3, 0.4) is 0 Å². The zero-order chi connectivity index (χ0) is 29.9. The minimum atomic E-state index is -4.59. The molecule has 2 aromatic heterocycles. The molecule has 0 bridgehead atoms. The van der Waals surface area contributed by atoms with Crippen LogP contribution in [-0.4, -0.2) is 71.1 Å². The van der Waals surface area contributed by atoms with Crippen molar-refractivity contribution in [3.63, 3.8) is 0 Å². The Morgan fingerprint density at radius 2 is 2.02 bits per heavy atom. The van der Waals surface area contributed by atoms with Crippen LogP contribution in [0.4, 0.5) is 18.0 Å². The number of pyridine rings is 1. The number of likely N-dealkylation sites (tertiary alicyclic amines) is 1. The number of nitrogens with two attached hydrogens (primary N) is 1. The Balaban J connectivity index is 1.66. The molecular weight excluding hydrogens is 559 g/mol. The summed E-state index contributed by atoms with van der Waals surface area (Å²) in [6.07, 6.45) is -0.643. The second-order valence-electron chi connectivity index (χ2n) is 9.86. The number of aromatic nitrogens is 2. The third-order valence-electron chi connectivity index (χ3n) is 7.03. The third-order valence-corrected chi connectivity index (χ3v) is 7.90. The summed E-state index contributed by atoms with van der Waals surface area (Å²) >= 11 is 0.821. The van der Waals surface area contributed by atoms with E-state index in [1.54, 1.807) is 31.0 Å². The van der Waals surface area contributed by atoms with Crippen molar-refractivity contribution in [2.24, 2.45) is 5.73 Å². The Bertz CT molecular complexity index is 1440. The summed E-state index contributed by atoms with van der Waals surface area (Å²) < 4.78 is 51.5. The van der Waals surface area contributed by atoms with Crippen molar-refractivity contribution in [3.05, 3.63) is 47.5 Å². The normalized spacial score (nSPS) is 17.1. The minimum Gasteiger partial charge on any atom is -0.496 e. The molecule has 0 saturated carbocycles. The number of urea groups is 1. The van der Waals surface area contributed by atoms with Gasteiger partial charge in [0.15, 0.2) is 5.69 Å². The number of benzene rings is 1. The zero-order valence-electron chi connectivity index (χ0n) is 23.0. The number of methoxy groups -OCH3 is 1. The van der Waals surface area contributed by atoms with Crippen molar-refractivity contribution >= 4 is 34.2 Å². The van der Waals surface area contributed by atoms with E-state index in [1.165, 1.54) is 18.1 Å². The number of hydrogen-bond donors (Lipinski definition) is 1. The van der Waals surface area contributed by atoms with Gasteiger partial charge in [0.05, 0.1) is 19.2 Å². The summed E-state index contributed by atoms with van der Waals surface area (Å²) in [4.78, 5) is 36.8. The van der Waals surface area contributed by atoms with E-state index >= 15 is 0 Å². The number of nitrogens with zero attached hydrogens (tertiary/aromatic N) is 4. The molecule has 1 aliphatic heterocycles. The first-order valence-electron chi connectivity index (χ1n) is 13.0. The fourth-order valence-electron chi connectivity index (χ4n) is 4.87. The fourth-order valence-corrected chi connectivity index (χ4v) is 5.66. The topological polar surface area (TPSA) is 111 Å². The van der Waals surface area contributed by atoms with Gasteiger partial charge in [0.2, 0.25) is 5.91 Å². The number of rotatable bonds is 10. The van der Waals surface area contributed by atoms with Crippen LogP contribution in [0.1, 0.15) is 36.9 Å². The van der Waals surface area contributed by atoms with Gasteiger partial charge in [0.25, 0.3) is 0 Å². The number of halogens is 3. The fraction of sp³-hybridized carbons (Fsp3) is 0.429. The van der Waals surface area contributed by atoms with Gasteiger partial charge in [-0.1, -0.05) is 6.08 Å². The highest BCUT2D eigenvalue weighted by Gasteiger charge is 2.41. The lowest BCUT2D eigenvalue weighted by atomic mass is 10.1. The van der Waals surface area contributed by atoms with Gasteiger partial charge in [-0.2, -0.15) is 13.2 Å². The molecule has 4 rings (SSSR count). The molecule has 1 aliphatic rings. The van der Waals surface area contributed by atoms with Crippen LogP contribution in [0.25, 0.3) is 21.6 Å². The van der Waals surface area contributed by atoms with Crippen molar-refractivity contribution in [1.29, 1.82) is 0 Å². The second-order valence-corrected chi connectivity index (χ2v) is 10.7. The number of unbranched alkanes of at least 4 members (excludes halogenated alkanes) is 2. The Morgan fingerprint density at radius 3 is 2.66 bits per heavy atom. The quantitative estimate of drug-likeness (QED) is 0.249. The van der Waals surface area contributed by atoms with E-state index in [4.69, 9.17) is 15.2 Å². The molecule has 0 radical (unpaired) electrons. The van der Waals surface area contributed by atoms with Gasteiger partial charge in [-0.15, -0.1) is 17.9 Å². The SMILES string of the molecule is C=CCCCCN(C)C(=O)[C@@H]1C[C@H](Oc2cc(-c3nc(C(F)(F)F)cs3)nc3c(C)c(OC)ccc23)CN1C(N)=O. The van der Waals surface area contributed by atoms with Crippen LogP contribution in [0.15, 0.2) is 36.2 Å². The molecule has 0 unspecified atom stereocenters. The third kappa shape index (κ3) is 6.55. The first-order valence-corrected chi connectivity index (χ1v) is 13.9. The molecule has 220 valence electrons. The van der Waals surface area contributed by atoms with Crippen molar-refractivity contribution in [3.8, 4) is 22.2 Å². The molecule has 2 atom stereocenters. The number of aryl methyl sites for hydroxylation is 1. The lowest BCUT2D eigenvalue weighted by molar-refractivity contribution is -0.140. The van der Waals surface area contributed by atoms with Crippen LogP contribution in [-0.2, 0) is 11.0 Å². The molecule has 3 amide bonds. The van der Waals surface area contributed by atoms with E-state index in [-0.39, 0.29) is 29.6 Å². The molecule has 13 heteroatoms. The highest BCUT2D eigenvalue weighted by molar-refractivity contribution is 7.13. The average Bonchev–Trinajstić information content (AvgIpc) is 3.59. The molecule has 9 nitrogen and oxygen atoms in total. The van der Waals surface area contributed by atoms with Crippen LogP contribution in [0, 0.1) is 6.92 Å². The van der Waals surface area contributed by atoms with Gasteiger partial charge in [-0.05, 0) is 38.3 Å². The second kappa shape index (κ2) is 12.3. The van der Waals surface area contributed by atoms with E-state index in [9.17, 15) is 22.8 Å². The van der Waals surface area contributed by atoms with E-state index in [0.29, 0.717) is 34.5 Å². The maximum atomic E-state index is 13.3. The van der Waals surface area contributed by atoms with E-state index in [0.717, 1.165) is 36.0 Å². The predicted octanol–water partition coefficient (Wildman–Crippen LogP) is 5.41. The number of fused-ring (bicyclic) bond motifs is 1. The molecule has 2 N–H and O–H groups in total. The summed E-state index contributed by atoms with van der Waals surface area (Å²) in [7, 11) is 3.20. The highest BCUT2D eigenvalue weighted by atomic mass is 32.1. The summed E-state index contributed by atoms with van der Waals surface area (Å²) in [5.41, 5.74) is 5.95. The Labute approximate surface area is 239 Å². The van der Waals surface area contributed by atoms with Crippen LogP contribution in [0.2, 0.25) is 0 Å². The first-order chi connectivity index (χ1) is 19.4. The van der Waals surface area contributed by atoms with Gasteiger partial charge in [-0.25, -0.2) is 14.8 Å². The number of allylic oxidation sites excluding steroid dienone is 1. The predicted molar refractivity (Wildman–Crippen MR) is 150 cm³/mol. The van der Waals surface area contributed by atoms with Gasteiger partial charge in [-0.3, -0.25) is 4.79 Å². The molecular formula is C28H32F3N5O4S. The van der Waals surface area contributed by atoms with E-state index in [1.807, 2.05) is 6.08 Å².